The van der Waals surface area contributed by atoms with Crippen LogP contribution in [0.1, 0.15) is 12.8 Å². The van der Waals surface area contributed by atoms with Crippen molar-refractivity contribution in [2.75, 3.05) is 10.5 Å². The van der Waals surface area contributed by atoms with E-state index in [2.05, 4.69) is 20.7 Å². The van der Waals surface area contributed by atoms with Gasteiger partial charge in [0.25, 0.3) is 0 Å². The lowest BCUT2D eigenvalue weighted by molar-refractivity contribution is -0.137. The molecule has 5 nitrogen and oxygen atoms in total. The van der Waals surface area contributed by atoms with Gasteiger partial charge in [0.05, 0.1) is 11.4 Å². The lowest BCUT2D eigenvalue weighted by Crippen LogP contribution is -2.17. The lowest BCUT2D eigenvalue weighted by Gasteiger charge is -2.09. The summed E-state index contributed by atoms with van der Waals surface area (Å²) in [4.78, 5) is 10.3. The number of halogens is 2. The van der Waals surface area contributed by atoms with E-state index in [1.807, 2.05) is 0 Å². The van der Waals surface area contributed by atoms with Crippen molar-refractivity contribution in [3.05, 3.63) is 27.7 Å². The third-order valence-electron chi connectivity index (χ3n) is 2.00. The molecule has 0 aliphatic heterocycles. The maximum absolute atomic E-state index is 11.7. The summed E-state index contributed by atoms with van der Waals surface area (Å²) in [6.45, 7) is 0. The van der Waals surface area contributed by atoms with Crippen molar-refractivity contribution in [1.29, 1.82) is 0 Å². The molecule has 0 aromatic heterocycles. The number of hydrogen-bond donors (Lipinski definition) is 2. The van der Waals surface area contributed by atoms with Crippen molar-refractivity contribution in [1.82, 2.24) is 0 Å². The highest BCUT2D eigenvalue weighted by molar-refractivity contribution is 9.10. The number of sulfonamides is 1. The molecule has 0 aliphatic carbocycles. The molecule has 0 radical (unpaired) electrons. The standard InChI is InChI=1S/C10H11BrClNO4S/c11-8-6-7(12)3-4-9(8)13-18(16,17)5-1-2-10(14)15/h3-4,6,13H,1-2,5H2,(H,14,15). The Morgan fingerprint density at radius 2 is 2.11 bits per heavy atom. The molecule has 1 aromatic rings. The van der Waals surface area contributed by atoms with Gasteiger partial charge in [-0.25, -0.2) is 8.42 Å². The number of aliphatic carboxylic acids is 1. The minimum Gasteiger partial charge on any atom is -0.481 e. The van der Waals surface area contributed by atoms with Crippen molar-refractivity contribution < 1.29 is 18.3 Å². The van der Waals surface area contributed by atoms with E-state index in [1.165, 1.54) is 6.07 Å². The van der Waals surface area contributed by atoms with E-state index in [-0.39, 0.29) is 18.6 Å². The van der Waals surface area contributed by atoms with E-state index in [4.69, 9.17) is 16.7 Å². The predicted molar refractivity (Wildman–Crippen MR) is 73.4 cm³/mol. The zero-order valence-corrected chi connectivity index (χ0v) is 12.3. The number of rotatable bonds is 6. The zero-order valence-electron chi connectivity index (χ0n) is 9.19. The molecule has 0 atom stereocenters. The molecule has 18 heavy (non-hydrogen) atoms. The molecule has 0 spiro atoms. The average molecular weight is 357 g/mol. The Morgan fingerprint density at radius 1 is 1.44 bits per heavy atom. The first-order valence-electron chi connectivity index (χ1n) is 4.97. The Morgan fingerprint density at radius 3 is 2.67 bits per heavy atom. The number of hydrogen-bond acceptors (Lipinski definition) is 3. The second-order valence-corrected chi connectivity index (χ2v) is 6.68. The smallest absolute Gasteiger partial charge is 0.303 e. The minimum absolute atomic E-state index is 0.0654. The summed E-state index contributed by atoms with van der Waals surface area (Å²) in [6, 6.07) is 4.65. The van der Waals surface area contributed by atoms with Gasteiger partial charge in [0.2, 0.25) is 10.0 Å². The van der Waals surface area contributed by atoms with Crippen LogP contribution in [0.4, 0.5) is 5.69 Å². The summed E-state index contributed by atoms with van der Waals surface area (Å²) in [6.07, 6.45) is -0.113. The Bertz CT molecular complexity index is 547. The summed E-state index contributed by atoms with van der Waals surface area (Å²) in [5.41, 5.74) is 0.370. The summed E-state index contributed by atoms with van der Waals surface area (Å²) in [5.74, 6) is -1.26. The van der Waals surface area contributed by atoms with Crippen molar-refractivity contribution in [2.24, 2.45) is 0 Å². The quantitative estimate of drug-likeness (QED) is 0.821. The summed E-state index contributed by atoms with van der Waals surface area (Å²) in [5, 5.41) is 8.92. The molecular weight excluding hydrogens is 346 g/mol. The van der Waals surface area contributed by atoms with Crippen LogP contribution in [0.5, 0.6) is 0 Å². The van der Waals surface area contributed by atoms with E-state index in [0.29, 0.717) is 15.2 Å². The highest BCUT2D eigenvalue weighted by Gasteiger charge is 2.13. The maximum Gasteiger partial charge on any atom is 0.303 e. The molecule has 100 valence electrons. The fourth-order valence-corrected chi connectivity index (χ4v) is 3.26. The SMILES string of the molecule is O=C(O)CCCS(=O)(=O)Nc1ccc(Cl)cc1Br. The minimum atomic E-state index is -3.55. The molecule has 2 N–H and O–H groups in total. The van der Waals surface area contributed by atoms with Crippen LogP contribution in [-0.4, -0.2) is 25.2 Å². The van der Waals surface area contributed by atoms with Gasteiger partial charge in [-0.2, -0.15) is 0 Å². The Kier molecular flexibility index (Phi) is 5.43. The van der Waals surface area contributed by atoms with Crippen LogP contribution in [0.25, 0.3) is 0 Å². The molecule has 0 unspecified atom stereocenters. The number of carboxylic acids is 1. The van der Waals surface area contributed by atoms with E-state index < -0.39 is 16.0 Å². The largest absolute Gasteiger partial charge is 0.481 e. The lowest BCUT2D eigenvalue weighted by atomic mass is 10.3. The molecule has 1 aromatic carbocycles. The second-order valence-electron chi connectivity index (χ2n) is 3.54. The van der Waals surface area contributed by atoms with Crippen LogP contribution in [0.3, 0.4) is 0 Å². The van der Waals surface area contributed by atoms with Crippen molar-refractivity contribution in [3.8, 4) is 0 Å². The van der Waals surface area contributed by atoms with Crippen LogP contribution < -0.4 is 4.72 Å². The van der Waals surface area contributed by atoms with Crippen molar-refractivity contribution in [2.45, 2.75) is 12.8 Å². The normalized spacial score (nSPS) is 11.2. The van der Waals surface area contributed by atoms with Gasteiger partial charge in [-0.1, -0.05) is 11.6 Å². The Hall–Kier alpha value is -0.790. The van der Waals surface area contributed by atoms with Crippen LogP contribution in [-0.2, 0) is 14.8 Å². The van der Waals surface area contributed by atoms with Crippen LogP contribution in [0, 0.1) is 0 Å². The van der Waals surface area contributed by atoms with Crippen LogP contribution in [0.15, 0.2) is 22.7 Å². The highest BCUT2D eigenvalue weighted by Crippen LogP contribution is 2.26. The molecule has 0 aliphatic rings. The summed E-state index contributed by atoms with van der Waals surface area (Å²) < 4.78 is 26.2. The van der Waals surface area contributed by atoms with Gasteiger partial charge in [-0.05, 0) is 40.5 Å². The van der Waals surface area contributed by atoms with Crippen molar-refractivity contribution in [3.63, 3.8) is 0 Å². The zero-order chi connectivity index (χ0) is 13.8. The number of carboxylic acid groups (broad SMARTS) is 1. The molecule has 1 rings (SSSR count). The first-order valence-corrected chi connectivity index (χ1v) is 7.80. The molecule has 0 saturated heterocycles. The molecular formula is C10H11BrClNO4S. The monoisotopic (exact) mass is 355 g/mol. The topological polar surface area (TPSA) is 83.5 Å². The summed E-state index contributed by atoms with van der Waals surface area (Å²) in [7, 11) is -3.55. The van der Waals surface area contributed by atoms with Crippen LogP contribution >= 0.6 is 27.5 Å². The first kappa shape index (κ1) is 15.3. The van der Waals surface area contributed by atoms with Gasteiger partial charge < -0.3 is 5.11 Å². The number of benzene rings is 1. The van der Waals surface area contributed by atoms with E-state index in [1.54, 1.807) is 12.1 Å². The van der Waals surface area contributed by atoms with Gasteiger partial charge in [-0.15, -0.1) is 0 Å². The maximum atomic E-state index is 11.7. The predicted octanol–water partition coefficient (Wildman–Crippen LogP) is 2.71. The molecule has 0 amide bonds. The second kappa shape index (κ2) is 6.40. The van der Waals surface area contributed by atoms with Gasteiger partial charge in [0.1, 0.15) is 0 Å². The fourth-order valence-electron chi connectivity index (χ4n) is 1.20. The third-order valence-corrected chi connectivity index (χ3v) is 4.25. The Balaban J connectivity index is 2.67. The van der Waals surface area contributed by atoms with Gasteiger partial charge in [0, 0.05) is 15.9 Å². The fraction of sp³-hybridized carbons (Fsp3) is 0.300. The average Bonchev–Trinajstić information content (AvgIpc) is 2.21. The molecule has 0 fully saturated rings. The van der Waals surface area contributed by atoms with E-state index >= 15 is 0 Å². The highest BCUT2D eigenvalue weighted by atomic mass is 79.9. The van der Waals surface area contributed by atoms with Crippen LogP contribution in [0.2, 0.25) is 5.02 Å². The van der Waals surface area contributed by atoms with Gasteiger partial charge >= 0.3 is 5.97 Å². The number of carbonyl (C=O) groups is 1. The molecule has 0 heterocycles. The molecule has 0 bridgehead atoms. The third kappa shape index (κ3) is 5.24. The Labute approximate surface area is 118 Å². The summed E-state index contributed by atoms with van der Waals surface area (Å²) >= 11 is 8.92. The number of nitrogens with one attached hydrogen (secondary N) is 1. The van der Waals surface area contributed by atoms with Gasteiger partial charge in [0.15, 0.2) is 0 Å². The van der Waals surface area contributed by atoms with Gasteiger partial charge in [-0.3, -0.25) is 9.52 Å². The molecule has 8 heteroatoms. The molecule has 0 saturated carbocycles. The van der Waals surface area contributed by atoms with Crippen molar-refractivity contribution >= 4 is 49.2 Å². The number of anilines is 1. The first-order chi connectivity index (χ1) is 8.30. The van der Waals surface area contributed by atoms with E-state index in [9.17, 15) is 13.2 Å². The van der Waals surface area contributed by atoms with E-state index in [0.717, 1.165) is 0 Å².